The minimum atomic E-state index is -4.02. The number of rotatable bonds is 2. The lowest BCUT2D eigenvalue weighted by Gasteiger charge is -2.33. The van der Waals surface area contributed by atoms with Gasteiger partial charge in [0.25, 0.3) is 10.1 Å². The van der Waals surface area contributed by atoms with Crippen LogP contribution in [-0.4, -0.2) is 48.7 Å². The number of nitrogens with zero attached hydrogens (tertiary/aromatic N) is 1. The molecule has 1 heterocycles. The molecule has 0 aromatic heterocycles. The van der Waals surface area contributed by atoms with Gasteiger partial charge in [0.05, 0.1) is 4.90 Å². The second kappa shape index (κ2) is 9.31. The zero-order valence-corrected chi connectivity index (χ0v) is 16.5. The first kappa shape index (κ1) is 22.4. The standard InChI is InChI=1S/C10H21N3O2.C7H8O3S/c1-10(2,3)15-9(14)13-6-4-8(12-11)5-7-13;1-6-2-4-7(5-3-6)11(8,9)10/h8,12H,4-7,11H2,1-3H3;2-5H,1H3,(H,8,9,10). The van der Waals surface area contributed by atoms with Crippen molar-refractivity contribution in [1.29, 1.82) is 0 Å². The fourth-order valence-corrected chi connectivity index (χ4v) is 2.75. The molecule has 0 radical (unpaired) electrons. The first-order valence-corrected chi connectivity index (χ1v) is 9.84. The molecule has 0 atom stereocenters. The van der Waals surface area contributed by atoms with Crippen molar-refractivity contribution in [2.75, 3.05) is 13.1 Å². The minimum absolute atomic E-state index is 0.0666. The van der Waals surface area contributed by atoms with E-state index in [1.165, 1.54) is 12.1 Å². The monoisotopic (exact) mass is 387 g/mol. The summed E-state index contributed by atoms with van der Waals surface area (Å²) in [6.45, 7) is 8.89. The van der Waals surface area contributed by atoms with E-state index in [0.717, 1.165) is 18.4 Å². The van der Waals surface area contributed by atoms with Crippen molar-refractivity contribution in [3.05, 3.63) is 29.8 Å². The number of nitrogens with one attached hydrogen (secondary N) is 1. The van der Waals surface area contributed by atoms with E-state index >= 15 is 0 Å². The summed E-state index contributed by atoms with van der Waals surface area (Å²) >= 11 is 0. The zero-order chi connectivity index (χ0) is 20.0. The molecule has 4 N–H and O–H groups in total. The summed E-state index contributed by atoms with van der Waals surface area (Å²) in [6.07, 6.45) is 1.55. The third kappa shape index (κ3) is 8.13. The Hall–Kier alpha value is -1.68. The largest absolute Gasteiger partial charge is 0.444 e. The van der Waals surface area contributed by atoms with Crippen molar-refractivity contribution in [2.45, 2.75) is 57.1 Å². The van der Waals surface area contributed by atoms with Gasteiger partial charge in [-0.3, -0.25) is 15.8 Å². The predicted molar refractivity (Wildman–Crippen MR) is 99.1 cm³/mol. The van der Waals surface area contributed by atoms with Crippen molar-refractivity contribution in [3.8, 4) is 0 Å². The van der Waals surface area contributed by atoms with Crippen LogP contribution >= 0.6 is 0 Å². The number of carbonyl (C=O) groups is 1. The van der Waals surface area contributed by atoms with Crippen LogP contribution in [0.5, 0.6) is 0 Å². The normalized spacial score (nSPS) is 15.8. The number of amides is 1. The number of nitrogens with two attached hydrogens (primary N) is 1. The van der Waals surface area contributed by atoms with Gasteiger partial charge in [-0.1, -0.05) is 17.7 Å². The molecule has 0 saturated carbocycles. The Kier molecular flexibility index (Phi) is 8.01. The molecule has 1 amide bonds. The Morgan fingerprint density at radius 3 is 2.12 bits per heavy atom. The number of likely N-dealkylation sites (tertiary alicyclic amines) is 1. The van der Waals surface area contributed by atoms with Gasteiger partial charge in [0, 0.05) is 19.1 Å². The molecule has 26 heavy (non-hydrogen) atoms. The lowest BCUT2D eigenvalue weighted by atomic mass is 10.1. The number of aryl methyl sites for hydroxylation is 1. The van der Waals surface area contributed by atoms with Crippen LogP contribution in [0.4, 0.5) is 4.79 Å². The SMILES string of the molecule is CC(C)(C)OC(=O)N1CCC(NN)CC1.Cc1ccc(S(=O)(=O)O)cc1. The molecule has 9 heteroatoms. The number of ether oxygens (including phenoxy) is 1. The van der Waals surface area contributed by atoms with Gasteiger partial charge in [-0.2, -0.15) is 8.42 Å². The van der Waals surface area contributed by atoms with E-state index in [9.17, 15) is 13.2 Å². The van der Waals surface area contributed by atoms with E-state index in [4.69, 9.17) is 15.1 Å². The van der Waals surface area contributed by atoms with Crippen LogP contribution in [0.15, 0.2) is 29.2 Å². The first-order valence-electron chi connectivity index (χ1n) is 8.40. The van der Waals surface area contributed by atoms with Crippen LogP contribution in [-0.2, 0) is 14.9 Å². The van der Waals surface area contributed by atoms with Gasteiger partial charge in [-0.15, -0.1) is 0 Å². The van der Waals surface area contributed by atoms with Crippen LogP contribution in [0.3, 0.4) is 0 Å². The molecule has 0 bridgehead atoms. The molecule has 1 aliphatic heterocycles. The predicted octanol–water partition coefficient (Wildman–Crippen LogP) is 2.09. The van der Waals surface area contributed by atoms with Gasteiger partial charge >= 0.3 is 6.09 Å². The van der Waals surface area contributed by atoms with Crippen LogP contribution < -0.4 is 11.3 Å². The lowest BCUT2D eigenvalue weighted by molar-refractivity contribution is 0.0198. The third-order valence-electron chi connectivity index (χ3n) is 3.70. The molecule has 0 aliphatic carbocycles. The van der Waals surface area contributed by atoms with Crippen LogP contribution in [0, 0.1) is 6.92 Å². The van der Waals surface area contributed by atoms with E-state index in [0.29, 0.717) is 19.1 Å². The number of hydrogen-bond acceptors (Lipinski definition) is 6. The molecule has 8 nitrogen and oxygen atoms in total. The summed E-state index contributed by atoms with van der Waals surface area (Å²) < 4.78 is 34.8. The van der Waals surface area contributed by atoms with E-state index in [1.807, 2.05) is 27.7 Å². The number of carbonyl (C=O) groups excluding carboxylic acids is 1. The van der Waals surface area contributed by atoms with Gasteiger partial charge in [-0.05, 0) is 52.7 Å². The second-order valence-corrected chi connectivity index (χ2v) is 8.62. The summed E-state index contributed by atoms with van der Waals surface area (Å²) in [6, 6.07) is 6.31. The highest BCUT2D eigenvalue weighted by molar-refractivity contribution is 7.85. The topological polar surface area (TPSA) is 122 Å². The second-order valence-electron chi connectivity index (χ2n) is 7.20. The van der Waals surface area contributed by atoms with Crippen molar-refractivity contribution in [1.82, 2.24) is 10.3 Å². The quantitative estimate of drug-likeness (QED) is 0.403. The Labute approximate surface area is 155 Å². The third-order valence-corrected chi connectivity index (χ3v) is 4.57. The van der Waals surface area contributed by atoms with Gasteiger partial charge < -0.3 is 9.64 Å². The summed E-state index contributed by atoms with van der Waals surface area (Å²) in [5.41, 5.74) is 3.27. The average molecular weight is 388 g/mol. The average Bonchev–Trinajstić information content (AvgIpc) is 2.53. The van der Waals surface area contributed by atoms with E-state index < -0.39 is 15.7 Å². The van der Waals surface area contributed by atoms with Gasteiger partial charge in [-0.25, -0.2) is 4.79 Å². The maximum atomic E-state index is 11.7. The lowest BCUT2D eigenvalue weighted by Crippen LogP contribution is -2.48. The molecule has 1 aromatic rings. The van der Waals surface area contributed by atoms with E-state index in [2.05, 4.69) is 5.43 Å². The number of hydrazine groups is 1. The van der Waals surface area contributed by atoms with Gasteiger partial charge in [0.2, 0.25) is 0 Å². The Balaban J connectivity index is 0.000000273. The van der Waals surface area contributed by atoms with E-state index in [1.54, 1.807) is 17.0 Å². The van der Waals surface area contributed by atoms with Crippen LogP contribution in [0.25, 0.3) is 0 Å². The van der Waals surface area contributed by atoms with Gasteiger partial charge in [0.1, 0.15) is 5.60 Å². The Morgan fingerprint density at radius 1 is 1.23 bits per heavy atom. The van der Waals surface area contributed by atoms with Crippen molar-refractivity contribution < 1.29 is 22.5 Å². The zero-order valence-electron chi connectivity index (χ0n) is 15.7. The maximum Gasteiger partial charge on any atom is 0.410 e. The number of benzene rings is 1. The molecule has 0 unspecified atom stereocenters. The minimum Gasteiger partial charge on any atom is -0.444 e. The molecule has 1 saturated heterocycles. The number of piperidine rings is 1. The Morgan fingerprint density at radius 2 is 1.73 bits per heavy atom. The maximum absolute atomic E-state index is 11.7. The van der Waals surface area contributed by atoms with Gasteiger partial charge in [0.15, 0.2) is 0 Å². The number of hydrogen-bond donors (Lipinski definition) is 3. The highest BCUT2D eigenvalue weighted by Crippen LogP contribution is 2.14. The molecule has 1 aliphatic rings. The van der Waals surface area contributed by atoms with Crippen LogP contribution in [0.1, 0.15) is 39.2 Å². The highest BCUT2D eigenvalue weighted by Gasteiger charge is 2.26. The molecule has 0 spiro atoms. The summed E-state index contributed by atoms with van der Waals surface area (Å²) in [5, 5.41) is 0. The van der Waals surface area contributed by atoms with Crippen molar-refractivity contribution >= 4 is 16.2 Å². The fourth-order valence-electron chi connectivity index (χ4n) is 2.27. The smallest absolute Gasteiger partial charge is 0.410 e. The molecule has 2 rings (SSSR count). The van der Waals surface area contributed by atoms with Crippen molar-refractivity contribution in [3.63, 3.8) is 0 Å². The summed E-state index contributed by atoms with van der Waals surface area (Å²) in [7, 11) is -4.02. The Bertz CT molecular complexity index is 675. The van der Waals surface area contributed by atoms with Crippen LogP contribution in [0.2, 0.25) is 0 Å². The molecular weight excluding hydrogens is 358 g/mol. The molecule has 148 valence electrons. The van der Waals surface area contributed by atoms with E-state index in [-0.39, 0.29) is 11.0 Å². The molecular formula is C17H29N3O5S. The first-order chi connectivity index (χ1) is 11.9. The fraction of sp³-hybridized carbons (Fsp3) is 0.588. The summed E-state index contributed by atoms with van der Waals surface area (Å²) in [4.78, 5) is 13.3. The molecule has 1 aromatic carbocycles. The summed E-state index contributed by atoms with van der Waals surface area (Å²) in [5.74, 6) is 5.34. The van der Waals surface area contributed by atoms with Crippen molar-refractivity contribution in [2.24, 2.45) is 5.84 Å². The highest BCUT2D eigenvalue weighted by atomic mass is 32.2. The molecule has 1 fully saturated rings.